The average molecular weight is 273 g/mol. The molecular weight excluding hydrogens is 260 g/mol. The van der Waals surface area contributed by atoms with E-state index in [1.165, 1.54) is 11.8 Å². The molecule has 0 spiro atoms. The summed E-state index contributed by atoms with van der Waals surface area (Å²) < 4.78 is 1.31. The predicted molar refractivity (Wildman–Crippen MR) is 76.2 cm³/mol. The number of hydrogen-bond donors (Lipinski definition) is 3. The van der Waals surface area contributed by atoms with Gasteiger partial charge in [-0.05, 0) is 0 Å². The van der Waals surface area contributed by atoms with E-state index in [1.54, 1.807) is 11.8 Å². The number of hydrogen-bond acceptors (Lipinski definition) is 5. The fourth-order valence-corrected chi connectivity index (χ4v) is 2.46. The van der Waals surface area contributed by atoms with Crippen LogP contribution in [-0.2, 0) is 0 Å². The molecule has 7 heteroatoms. The van der Waals surface area contributed by atoms with E-state index in [1.807, 2.05) is 0 Å². The number of nitrogens with one attached hydrogen (secondary N) is 1. The summed E-state index contributed by atoms with van der Waals surface area (Å²) in [5, 5.41) is 3.07. The molecule has 0 heterocycles. The number of rotatable bonds is 5. The van der Waals surface area contributed by atoms with Crippen LogP contribution in [0, 0.1) is 0 Å². The maximum absolute atomic E-state index is 5.32. The van der Waals surface area contributed by atoms with Crippen LogP contribution in [0.25, 0.3) is 0 Å². The molecule has 0 bridgehead atoms. The fraction of sp³-hybridized carbons (Fsp3) is 0.667. The molecule has 0 rings (SSSR count). The van der Waals surface area contributed by atoms with E-state index in [4.69, 9.17) is 30.2 Å². The Morgan fingerprint density at radius 3 is 2.46 bits per heavy atom. The lowest BCUT2D eigenvalue weighted by molar-refractivity contribution is 1.01. The molecule has 0 radical (unpaired) electrons. The highest BCUT2D eigenvalue weighted by Crippen LogP contribution is 2.07. The Bertz CT molecular complexity index is 172. The maximum Gasteiger partial charge on any atom is 0.133 e. The summed E-state index contributed by atoms with van der Waals surface area (Å²) in [5.41, 5.74) is 5.32. The zero-order valence-electron chi connectivity index (χ0n) is 6.99. The van der Waals surface area contributed by atoms with E-state index in [-0.39, 0.29) is 0 Å². The molecule has 0 amide bonds. The van der Waals surface area contributed by atoms with Crippen LogP contribution in [0.1, 0.15) is 0 Å². The summed E-state index contributed by atoms with van der Waals surface area (Å²) in [7, 11) is 0. The van der Waals surface area contributed by atoms with Crippen molar-refractivity contribution in [1.82, 2.24) is 5.32 Å². The van der Waals surface area contributed by atoms with E-state index >= 15 is 0 Å². The third-order valence-electron chi connectivity index (χ3n) is 0.942. The van der Waals surface area contributed by atoms with Crippen LogP contribution in [0.3, 0.4) is 0 Å². The summed E-state index contributed by atoms with van der Waals surface area (Å²) in [6, 6.07) is 0. The quantitative estimate of drug-likeness (QED) is 0.400. The first-order chi connectivity index (χ1) is 6.16. The van der Waals surface area contributed by atoms with Crippen LogP contribution in [0.4, 0.5) is 0 Å². The Kier molecular flexibility index (Phi) is 9.99. The van der Waals surface area contributed by atoms with E-state index in [0.29, 0.717) is 4.32 Å². The molecule has 0 fully saturated rings. The van der Waals surface area contributed by atoms with Crippen molar-refractivity contribution < 1.29 is 0 Å². The van der Waals surface area contributed by atoms with Gasteiger partial charge < -0.3 is 11.1 Å². The highest BCUT2D eigenvalue weighted by molar-refractivity contribution is 8.25. The summed E-state index contributed by atoms with van der Waals surface area (Å²) in [6.45, 7) is 0.817. The minimum atomic E-state index is 0.495. The molecule has 0 aliphatic heterocycles. The zero-order valence-corrected chi connectivity index (χ0v) is 11.1. The first-order valence-corrected chi connectivity index (χ1v) is 7.02. The largest absolute Gasteiger partial charge is 0.385 e. The third-order valence-corrected chi connectivity index (χ3v) is 3.78. The zero-order chi connectivity index (χ0) is 10.1. The Hall–Kier alpha value is 0.830. The summed E-state index contributed by atoms with van der Waals surface area (Å²) in [5.74, 6) is 2.63. The standard InChI is InChI=1S/C6H12N2S5/c7-5(10)12-3-4-13-6(11)8-1-2-9/h9H,1-4H2,(H2,7,10)(H,8,11). The Morgan fingerprint density at radius 1 is 1.31 bits per heavy atom. The van der Waals surface area contributed by atoms with Crippen molar-refractivity contribution in [2.24, 2.45) is 5.73 Å². The molecule has 0 saturated carbocycles. The molecule has 0 aromatic carbocycles. The van der Waals surface area contributed by atoms with Gasteiger partial charge in [-0.2, -0.15) is 12.6 Å². The third kappa shape index (κ3) is 10.8. The smallest absolute Gasteiger partial charge is 0.133 e. The van der Waals surface area contributed by atoms with Gasteiger partial charge in [-0.1, -0.05) is 48.0 Å². The molecule has 0 atom stereocenters. The molecular formula is C6H12N2S5. The van der Waals surface area contributed by atoms with Crippen molar-refractivity contribution in [3.05, 3.63) is 0 Å². The van der Waals surface area contributed by atoms with Gasteiger partial charge in [0.05, 0.1) is 0 Å². The fourth-order valence-electron chi connectivity index (χ4n) is 0.486. The van der Waals surface area contributed by atoms with Crippen molar-refractivity contribution >= 4 is 69.2 Å². The number of thiol groups is 1. The number of thioether (sulfide) groups is 2. The Balaban J connectivity index is 3.22. The Morgan fingerprint density at radius 2 is 1.92 bits per heavy atom. The lowest BCUT2D eigenvalue weighted by Crippen LogP contribution is -2.21. The van der Waals surface area contributed by atoms with E-state index in [0.717, 1.165) is 28.1 Å². The van der Waals surface area contributed by atoms with Crippen LogP contribution in [0.5, 0.6) is 0 Å². The first kappa shape index (κ1) is 13.8. The van der Waals surface area contributed by atoms with Crippen LogP contribution < -0.4 is 11.1 Å². The molecule has 0 aromatic heterocycles. The summed E-state index contributed by atoms with van der Waals surface area (Å²) in [6.07, 6.45) is 0. The molecule has 0 aromatic rings. The van der Waals surface area contributed by atoms with Crippen molar-refractivity contribution in [1.29, 1.82) is 0 Å². The molecule has 0 aliphatic rings. The van der Waals surface area contributed by atoms with Gasteiger partial charge in [-0.25, -0.2) is 0 Å². The van der Waals surface area contributed by atoms with Crippen molar-refractivity contribution in [2.75, 3.05) is 23.8 Å². The second-order valence-electron chi connectivity index (χ2n) is 1.95. The molecule has 3 N–H and O–H groups in total. The van der Waals surface area contributed by atoms with Gasteiger partial charge in [0.2, 0.25) is 0 Å². The predicted octanol–water partition coefficient (Wildman–Crippen LogP) is 1.50. The highest BCUT2D eigenvalue weighted by atomic mass is 32.2. The molecule has 0 unspecified atom stereocenters. The molecule has 0 aliphatic carbocycles. The minimum Gasteiger partial charge on any atom is -0.385 e. The van der Waals surface area contributed by atoms with Crippen molar-refractivity contribution in [2.45, 2.75) is 0 Å². The molecule has 0 saturated heterocycles. The van der Waals surface area contributed by atoms with Gasteiger partial charge in [-0.15, -0.1) is 0 Å². The lowest BCUT2D eigenvalue weighted by atomic mass is 10.8. The van der Waals surface area contributed by atoms with Crippen LogP contribution in [-0.4, -0.2) is 32.4 Å². The van der Waals surface area contributed by atoms with Crippen LogP contribution >= 0.6 is 60.6 Å². The minimum absolute atomic E-state index is 0.495. The first-order valence-electron chi connectivity index (χ1n) is 3.60. The summed E-state index contributed by atoms with van der Waals surface area (Å²) >= 11 is 16.9. The second kappa shape index (κ2) is 9.39. The van der Waals surface area contributed by atoms with Crippen LogP contribution in [0.15, 0.2) is 0 Å². The van der Waals surface area contributed by atoms with E-state index in [2.05, 4.69) is 17.9 Å². The number of thiocarbonyl (C=S) groups is 2. The maximum atomic E-state index is 5.32. The second-order valence-corrected chi connectivity index (χ2v) is 6.01. The monoisotopic (exact) mass is 272 g/mol. The van der Waals surface area contributed by atoms with Gasteiger partial charge in [0.25, 0.3) is 0 Å². The van der Waals surface area contributed by atoms with E-state index in [9.17, 15) is 0 Å². The van der Waals surface area contributed by atoms with Crippen molar-refractivity contribution in [3.63, 3.8) is 0 Å². The van der Waals surface area contributed by atoms with Gasteiger partial charge in [-0.3, -0.25) is 0 Å². The van der Waals surface area contributed by atoms with Gasteiger partial charge in [0, 0.05) is 23.8 Å². The highest BCUT2D eigenvalue weighted by Gasteiger charge is 1.96. The summed E-state index contributed by atoms with van der Waals surface area (Å²) in [4.78, 5) is 0. The number of nitrogens with two attached hydrogens (primary N) is 1. The van der Waals surface area contributed by atoms with E-state index < -0.39 is 0 Å². The topological polar surface area (TPSA) is 38.0 Å². The van der Waals surface area contributed by atoms with Gasteiger partial charge in [0.15, 0.2) is 0 Å². The molecule has 76 valence electrons. The van der Waals surface area contributed by atoms with Crippen LogP contribution in [0.2, 0.25) is 0 Å². The molecule has 2 nitrogen and oxygen atoms in total. The Labute approximate surface area is 104 Å². The van der Waals surface area contributed by atoms with Gasteiger partial charge >= 0.3 is 0 Å². The normalized spacial score (nSPS) is 9.62. The van der Waals surface area contributed by atoms with Crippen molar-refractivity contribution in [3.8, 4) is 0 Å². The SMILES string of the molecule is NC(=S)SCCSC(=S)NCCS. The van der Waals surface area contributed by atoms with Gasteiger partial charge in [0.1, 0.15) is 8.64 Å². The average Bonchev–Trinajstić information content (AvgIpc) is 2.08. The lowest BCUT2D eigenvalue weighted by Gasteiger charge is -2.04. The molecule has 13 heavy (non-hydrogen) atoms.